The van der Waals surface area contributed by atoms with Crippen molar-refractivity contribution < 1.29 is 9.18 Å². The van der Waals surface area contributed by atoms with Crippen LogP contribution in [0.25, 0.3) is 16.8 Å². The topological polar surface area (TPSA) is 59.3 Å². The summed E-state index contributed by atoms with van der Waals surface area (Å²) in [6.45, 7) is 0. The van der Waals surface area contributed by atoms with E-state index in [2.05, 4.69) is 15.4 Å². The lowest BCUT2D eigenvalue weighted by molar-refractivity contribution is -0.116. The average molecular weight is 352 g/mol. The van der Waals surface area contributed by atoms with E-state index in [1.807, 2.05) is 0 Å². The highest BCUT2D eigenvalue weighted by Gasteiger charge is 2.20. The van der Waals surface area contributed by atoms with Crippen molar-refractivity contribution >= 4 is 17.4 Å². The number of fused-ring (bicyclic) bond motifs is 1. The molecule has 0 radical (unpaired) electrons. The van der Waals surface area contributed by atoms with Gasteiger partial charge in [-0.2, -0.15) is 0 Å². The van der Waals surface area contributed by atoms with E-state index < -0.39 is 0 Å². The number of halogens is 1. The molecule has 26 heavy (non-hydrogen) atoms. The second-order valence-corrected chi connectivity index (χ2v) is 6.86. The lowest BCUT2D eigenvalue weighted by atomic mass is 10.0. The van der Waals surface area contributed by atoms with Gasteiger partial charge in [0.25, 0.3) is 0 Å². The summed E-state index contributed by atoms with van der Waals surface area (Å²) >= 11 is 0. The number of hydrogen-bond acceptors (Lipinski definition) is 3. The zero-order chi connectivity index (χ0) is 17.9. The minimum Gasteiger partial charge on any atom is -0.309 e. The molecule has 1 aromatic carbocycles. The summed E-state index contributed by atoms with van der Waals surface area (Å²) in [6, 6.07) is 8.02. The van der Waals surface area contributed by atoms with Crippen LogP contribution in [0, 0.1) is 11.7 Å². The first-order chi connectivity index (χ1) is 12.7. The maximum Gasteiger partial charge on any atom is 0.225 e. The summed E-state index contributed by atoms with van der Waals surface area (Å²) in [5.74, 6) is 0.686. The van der Waals surface area contributed by atoms with Crippen molar-refractivity contribution in [1.29, 1.82) is 0 Å². The Morgan fingerprint density at radius 3 is 2.92 bits per heavy atom. The van der Waals surface area contributed by atoms with Crippen LogP contribution in [-0.2, 0) is 4.79 Å². The van der Waals surface area contributed by atoms with Gasteiger partial charge in [-0.25, -0.2) is 13.9 Å². The van der Waals surface area contributed by atoms with E-state index in [0.717, 1.165) is 6.42 Å². The molecule has 1 aliphatic carbocycles. The standard InChI is InChI=1S/C20H21FN4O/c21-16-8-3-7-15(13-16)18-19(24-25-12-4-11-22-20(18)25)23-17(26)10-9-14-5-1-2-6-14/h3-4,7-8,11-14H,1-2,5-6,9-10H2,(H,23,24,26). The van der Waals surface area contributed by atoms with Gasteiger partial charge < -0.3 is 5.32 Å². The largest absolute Gasteiger partial charge is 0.309 e. The smallest absolute Gasteiger partial charge is 0.225 e. The van der Waals surface area contributed by atoms with E-state index in [0.29, 0.717) is 34.9 Å². The Hall–Kier alpha value is -2.76. The maximum atomic E-state index is 13.7. The molecule has 1 fully saturated rings. The number of carbonyl (C=O) groups excluding carboxylic acids is 1. The molecule has 134 valence electrons. The summed E-state index contributed by atoms with van der Waals surface area (Å²) in [5, 5.41) is 7.35. The SMILES string of the molecule is O=C(CCC1CCCC1)Nc1nn2cccnc2c1-c1cccc(F)c1. The highest BCUT2D eigenvalue weighted by atomic mass is 19.1. The molecule has 0 saturated heterocycles. The van der Waals surface area contributed by atoms with Gasteiger partial charge in [-0.05, 0) is 36.1 Å². The average Bonchev–Trinajstić information content (AvgIpc) is 3.27. The number of amides is 1. The molecule has 0 bridgehead atoms. The summed E-state index contributed by atoms with van der Waals surface area (Å²) in [6.07, 6.45) is 9.80. The first-order valence-electron chi connectivity index (χ1n) is 9.10. The molecule has 0 aliphatic heterocycles. The van der Waals surface area contributed by atoms with Crippen molar-refractivity contribution in [3.8, 4) is 11.1 Å². The van der Waals surface area contributed by atoms with Gasteiger partial charge in [-0.3, -0.25) is 4.79 Å². The number of aromatic nitrogens is 3. The second kappa shape index (κ2) is 7.23. The Bertz CT molecular complexity index is 930. The van der Waals surface area contributed by atoms with E-state index in [1.165, 1.54) is 37.8 Å². The van der Waals surface area contributed by atoms with E-state index in [-0.39, 0.29) is 11.7 Å². The zero-order valence-electron chi connectivity index (χ0n) is 14.5. The molecule has 0 unspecified atom stereocenters. The Morgan fingerprint density at radius 2 is 2.12 bits per heavy atom. The number of hydrogen-bond donors (Lipinski definition) is 1. The minimum atomic E-state index is -0.337. The fourth-order valence-corrected chi connectivity index (χ4v) is 3.71. The molecule has 1 aliphatic rings. The van der Waals surface area contributed by atoms with Crippen LogP contribution in [0.15, 0.2) is 42.7 Å². The third kappa shape index (κ3) is 3.45. The maximum absolute atomic E-state index is 13.7. The fourth-order valence-electron chi connectivity index (χ4n) is 3.71. The number of rotatable bonds is 5. The molecule has 0 atom stereocenters. The summed E-state index contributed by atoms with van der Waals surface area (Å²) in [5.41, 5.74) is 1.87. The van der Waals surface area contributed by atoms with Crippen LogP contribution >= 0.6 is 0 Å². The van der Waals surface area contributed by atoms with Gasteiger partial charge in [0.1, 0.15) is 5.82 Å². The van der Waals surface area contributed by atoms with Crippen molar-refractivity contribution in [3.63, 3.8) is 0 Å². The predicted octanol–water partition coefficient (Wildman–Crippen LogP) is 4.44. The fraction of sp³-hybridized carbons (Fsp3) is 0.350. The minimum absolute atomic E-state index is 0.0574. The molecule has 1 saturated carbocycles. The number of anilines is 1. The van der Waals surface area contributed by atoms with Crippen LogP contribution in [-0.4, -0.2) is 20.5 Å². The third-order valence-corrected chi connectivity index (χ3v) is 5.02. The van der Waals surface area contributed by atoms with Crippen molar-refractivity contribution in [2.24, 2.45) is 5.92 Å². The Labute approximate surface area is 151 Å². The van der Waals surface area contributed by atoms with Crippen molar-refractivity contribution in [2.75, 3.05) is 5.32 Å². The van der Waals surface area contributed by atoms with Gasteiger partial charge in [0, 0.05) is 18.8 Å². The number of carbonyl (C=O) groups is 1. The Kier molecular flexibility index (Phi) is 4.65. The van der Waals surface area contributed by atoms with Crippen LogP contribution in [0.5, 0.6) is 0 Å². The highest BCUT2D eigenvalue weighted by Crippen LogP contribution is 2.32. The van der Waals surface area contributed by atoms with E-state index in [1.54, 1.807) is 35.1 Å². The van der Waals surface area contributed by atoms with Gasteiger partial charge in [0.2, 0.25) is 5.91 Å². The van der Waals surface area contributed by atoms with E-state index in [4.69, 9.17) is 0 Å². The first-order valence-corrected chi connectivity index (χ1v) is 9.10. The molecule has 1 N–H and O–H groups in total. The summed E-state index contributed by atoms with van der Waals surface area (Å²) in [4.78, 5) is 16.8. The molecule has 6 heteroatoms. The van der Waals surface area contributed by atoms with E-state index in [9.17, 15) is 9.18 Å². The van der Waals surface area contributed by atoms with E-state index >= 15 is 0 Å². The first kappa shape index (κ1) is 16.7. The summed E-state index contributed by atoms with van der Waals surface area (Å²) in [7, 11) is 0. The Balaban J connectivity index is 1.61. The quantitative estimate of drug-likeness (QED) is 0.738. The molecular weight excluding hydrogens is 331 g/mol. The van der Waals surface area contributed by atoms with Gasteiger partial charge >= 0.3 is 0 Å². The van der Waals surface area contributed by atoms with Crippen molar-refractivity contribution in [3.05, 3.63) is 48.5 Å². The molecule has 3 aromatic rings. The third-order valence-electron chi connectivity index (χ3n) is 5.02. The monoisotopic (exact) mass is 352 g/mol. The number of nitrogens with zero attached hydrogens (tertiary/aromatic N) is 3. The van der Waals surface area contributed by atoms with Crippen molar-refractivity contribution in [1.82, 2.24) is 14.6 Å². The number of nitrogens with one attached hydrogen (secondary N) is 1. The normalized spacial score (nSPS) is 14.8. The molecule has 0 spiro atoms. The lowest BCUT2D eigenvalue weighted by Crippen LogP contribution is -2.13. The highest BCUT2D eigenvalue weighted by molar-refractivity contribution is 5.97. The lowest BCUT2D eigenvalue weighted by Gasteiger charge is -2.09. The molecule has 4 rings (SSSR count). The van der Waals surface area contributed by atoms with Crippen LogP contribution in [0.4, 0.5) is 10.2 Å². The van der Waals surface area contributed by atoms with Crippen LogP contribution in [0.2, 0.25) is 0 Å². The van der Waals surface area contributed by atoms with Gasteiger partial charge in [-0.15, -0.1) is 5.10 Å². The molecule has 1 amide bonds. The van der Waals surface area contributed by atoms with Crippen LogP contribution in [0.3, 0.4) is 0 Å². The molecule has 2 heterocycles. The van der Waals surface area contributed by atoms with Crippen LogP contribution < -0.4 is 5.32 Å². The molecular formula is C20H21FN4O. The summed E-state index contributed by atoms with van der Waals surface area (Å²) < 4.78 is 15.3. The Morgan fingerprint density at radius 1 is 1.27 bits per heavy atom. The molecule has 2 aromatic heterocycles. The molecule has 5 nitrogen and oxygen atoms in total. The van der Waals surface area contributed by atoms with Gasteiger partial charge in [0.15, 0.2) is 11.5 Å². The number of benzene rings is 1. The van der Waals surface area contributed by atoms with Crippen molar-refractivity contribution in [2.45, 2.75) is 38.5 Å². The zero-order valence-corrected chi connectivity index (χ0v) is 14.5. The van der Waals surface area contributed by atoms with Crippen LogP contribution in [0.1, 0.15) is 38.5 Å². The van der Waals surface area contributed by atoms with Gasteiger partial charge in [0.05, 0.1) is 5.56 Å². The predicted molar refractivity (Wildman–Crippen MR) is 98.2 cm³/mol. The second-order valence-electron chi connectivity index (χ2n) is 6.86. The van der Waals surface area contributed by atoms with Gasteiger partial charge in [-0.1, -0.05) is 37.8 Å².